The molecular formula is C20H15ClFN5. The lowest BCUT2D eigenvalue weighted by molar-refractivity contribution is 0.611. The normalized spacial score (nSPS) is 15.9. The summed E-state index contributed by atoms with van der Waals surface area (Å²) in [5.41, 5.74) is 3.90. The van der Waals surface area contributed by atoms with Crippen LogP contribution in [0, 0.1) is 5.82 Å². The molecular weight excluding hydrogens is 365 g/mol. The van der Waals surface area contributed by atoms with E-state index in [1.54, 1.807) is 18.5 Å². The van der Waals surface area contributed by atoms with Gasteiger partial charge in [0, 0.05) is 23.3 Å². The average molecular weight is 380 g/mol. The van der Waals surface area contributed by atoms with E-state index in [1.165, 1.54) is 17.3 Å². The van der Waals surface area contributed by atoms with Crippen molar-refractivity contribution >= 4 is 28.5 Å². The van der Waals surface area contributed by atoms with E-state index in [9.17, 15) is 4.39 Å². The standard InChI is InChI=1S/C20H15ClFN5/c21-12-7-14-15(9-24-18(14)23-8-12)19-25-10-16(22)20(27-19)26-17-6-5-11-3-1-2-4-13(11)17/h1-4,7-10,17H,5-6H2,(H,23,24)(H,25,26,27)/t17-/m0/s1. The quantitative estimate of drug-likeness (QED) is 0.530. The Morgan fingerprint density at radius 1 is 1.19 bits per heavy atom. The number of fused-ring (bicyclic) bond motifs is 2. The highest BCUT2D eigenvalue weighted by molar-refractivity contribution is 6.31. The van der Waals surface area contributed by atoms with Crippen LogP contribution in [0.25, 0.3) is 22.4 Å². The van der Waals surface area contributed by atoms with Gasteiger partial charge in [-0.15, -0.1) is 0 Å². The largest absolute Gasteiger partial charge is 0.361 e. The highest BCUT2D eigenvalue weighted by atomic mass is 35.5. The van der Waals surface area contributed by atoms with Gasteiger partial charge >= 0.3 is 0 Å². The van der Waals surface area contributed by atoms with Gasteiger partial charge in [0.15, 0.2) is 17.5 Å². The summed E-state index contributed by atoms with van der Waals surface area (Å²) in [5, 5.41) is 4.57. The maximum atomic E-state index is 14.4. The van der Waals surface area contributed by atoms with Crippen molar-refractivity contribution in [3.63, 3.8) is 0 Å². The van der Waals surface area contributed by atoms with Crippen LogP contribution < -0.4 is 5.32 Å². The number of halogens is 2. The Balaban J connectivity index is 1.53. The number of anilines is 1. The molecule has 0 radical (unpaired) electrons. The molecule has 2 N–H and O–H groups in total. The number of H-pyrrole nitrogens is 1. The molecule has 0 saturated heterocycles. The number of aryl methyl sites for hydroxylation is 1. The summed E-state index contributed by atoms with van der Waals surface area (Å²) < 4.78 is 14.4. The average Bonchev–Trinajstić information content (AvgIpc) is 3.28. The molecule has 134 valence electrons. The molecule has 0 amide bonds. The Bertz CT molecular complexity index is 1160. The minimum Gasteiger partial charge on any atom is -0.361 e. The van der Waals surface area contributed by atoms with Gasteiger partial charge in [0.1, 0.15) is 5.65 Å². The first-order chi connectivity index (χ1) is 13.2. The zero-order valence-corrected chi connectivity index (χ0v) is 15.0. The maximum absolute atomic E-state index is 14.4. The van der Waals surface area contributed by atoms with Crippen LogP contribution in [-0.2, 0) is 6.42 Å². The molecule has 5 nitrogen and oxygen atoms in total. The number of hydrogen-bond donors (Lipinski definition) is 2. The Labute approximate surface area is 159 Å². The van der Waals surface area contributed by atoms with E-state index in [4.69, 9.17) is 11.6 Å². The van der Waals surface area contributed by atoms with Crippen molar-refractivity contribution in [2.24, 2.45) is 0 Å². The molecule has 1 aliphatic rings. The third-order valence-electron chi connectivity index (χ3n) is 4.93. The fourth-order valence-electron chi connectivity index (χ4n) is 3.63. The minimum atomic E-state index is -0.473. The summed E-state index contributed by atoms with van der Waals surface area (Å²) in [4.78, 5) is 15.9. The lowest BCUT2D eigenvalue weighted by atomic mass is 10.1. The number of aromatic amines is 1. The van der Waals surface area contributed by atoms with Gasteiger partial charge in [-0.3, -0.25) is 0 Å². The Hall–Kier alpha value is -2.99. The van der Waals surface area contributed by atoms with Crippen molar-refractivity contribution < 1.29 is 4.39 Å². The van der Waals surface area contributed by atoms with Crippen molar-refractivity contribution in [1.82, 2.24) is 19.9 Å². The number of nitrogens with zero attached hydrogens (tertiary/aromatic N) is 3. The Morgan fingerprint density at radius 3 is 3.00 bits per heavy atom. The first kappa shape index (κ1) is 16.2. The fraction of sp³-hybridized carbons (Fsp3) is 0.150. The lowest BCUT2D eigenvalue weighted by Crippen LogP contribution is -2.11. The number of aromatic nitrogens is 4. The molecule has 0 saturated carbocycles. The summed E-state index contributed by atoms with van der Waals surface area (Å²) in [6.07, 6.45) is 6.41. The first-order valence-corrected chi connectivity index (χ1v) is 9.07. The van der Waals surface area contributed by atoms with E-state index in [0.717, 1.165) is 23.8 Å². The smallest absolute Gasteiger partial charge is 0.183 e. The monoisotopic (exact) mass is 379 g/mol. The predicted octanol–water partition coefficient (Wildman–Crippen LogP) is 4.91. The number of rotatable bonds is 3. The molecule has 5 rings (SSSR count). The summed E-state index contributed by atoms with van der Waals surface area (Å²) in [6, 6.07) is 10.1. The zero-order valence-electron chi connectivity index (χ0n) is 14.2. The minimum absolute atomic E-state index is 0.0394. The molecule has 1 atom stereocenters. The predicted molar refractivity (Wildman–Crippen MR) is 103 cm³/mol. The highest BCUT2D eigenvalue weighted by Gasteiger charge is 2.23. The second kappa shape index (κ2) is 6.32. The molecule has 0 bridgehead atoms. The van der Waals surface area contributed by atoms with Crippen molar-refractivity contribution in [2.75, 3.05) is 5.32 Å². The molecule has 1 aromatic carbocycles. The summed E-state index contributed by atoms with van der Waals surface area (Å²) in [5.74, 6) is 0.144. The van der Waals surface area contributed by atoms with Crippen molar-refractivity contribution in [1.29, 1.82) is 0 Å². The van der Waals surface area contributed by atoms with E-state index in [2.05, 4.69) is 37.4 Å². The molecule has 3 aromatic heterocycles. The van der Waals surface area contributed by atoms with Crippen LogP contribution in [0.2, 0.25) is 5.02 Å². The van der Waals surface area contributed by atoms with Gasteiger partial charge in [-0.2, -0.15) is 0 Å². The van der Waals surface area contributed by atoms with Gasteiger partial charge in [-0.05, 0) is 30.0 Å². The Morgan fingerprint density at radius 2 is 2.07 bits per heavy atom. The van der Waals surface area contributed by atoms with Crippen LogP contribution >= 0.6 is 11.6 Å². The molecule has 0 fully saturated rings. The van der Waals surface area contributed by atoms with E-state index >= 15 is 0 Å². The number of hydrogen-bond acceptors (Lipinski definition) is 4. The van der Waals surface area contributed by atoms with Crippen molar-refractivity contribution in [2.45, 2.75) is 18.9 Å². The fourth-order valence-corrected chi connectivity index (χ4v) is 3.79. The second-order valence-corrected chi connectivity index (χ2v) is 7.01. The Kier molecular flexibility index (Phi) is 3.79. The summed E-state index contributed by atoms with van der Waals surface area (Å²) in [6.45, 7) is 0. The van der Waals surface area contributed by atoms with E-state index in [0.29, 0.717) is 16.5 Å². The van der Waals surface area contributed by atoms with Crippen molar-refractivity contribution in [3.8, 4) is 11.4 Å². The van der Waals surface area contributed by atoms with Gasteiger partial charge in [0.2, 0.25) is 0 Å². The molecule has 3 heterocycles. The van der Waals surface area contributed by atoms with E-state index in [-0.39, 0.29) is 11.9 Å². The van der Waals surface area contributed by atoms with Gasteiger partial charge in [-0.1, -0.05) is 35.9 Å². The zero-order chi connectivity index (χ0) is 18.4. The van der Waals surface area contributed by atoms with Gasteiger partial charge in [-0.25, -0.2) is 19.3 Å². The van der Waals surface area contributed by atoms with E-state index < -0.39 is 5.82 Å². The van der Waals surface area contributed by atoms with Crippen LogP contribution in [-0.4, -0.2) is 19.9 Å². The molecule has 7 heteroatoms. The number of benzene rings is 1. The third kappa shape index (κ3) is 2.82. The summed E-state index contributed by atoms with van der Waals surface area (Å²) in [7, 11) is 0. The van der Waals surface area contributed by atoms with Gasteiger partial charge < -0.3 is 10.3 Å². The first-order valence-electron chi connectivity index (χ1n) is 8.69. The lowest BCUT2D eigenvalue weighted by Gasteiger charge is -2.15. The van der Waals surface area contributed by atoms with E-state index in [1.807, 2.05) is 12.1 Å². The van der Waals surface area contributed by atoms with Crippen LogP contribution in [0.3, 0.4) is 0 Å². The van der Waals surface area contributed by atoms with Crippen LogP contribution in [0.5, 0.6) is 0 Å². The summed E-state index contributed by atoms with van der Waals surface area (Å²) >= 11 is 6.06. The van der Waals surface area contributed by atoms with Crippen molar-refractivity contribution in [3.05, 3.63) is 70.9 Å². The molecule has 0 unspecified atom stereocenters. The number of nitrogens with one attached hydrogen (secondary N) is 2. The number of pyridine rings is 1. The van der Waals surface area contributed by atoms with Gasteiger partial charge in [0.25, 0.3) is 0 Å². The van der Waals surface area contributed by atoms with Crippen LogP contribution in [0.15, 0.2) is 48.9 Å². The third-order valence-corrected chi connectivity index (χ3v) is 5.13. The topological polar surface area (TPSA) is 66.5 Å². The van der Waals surface area contributed by atoms with Gasteiger partial charge in [0.05, 0.1) is 17.3 Å². The second-order valence-electron chi connectivity index (χ2n) is 6.58. The molecule has 0 aliphatic heterocycles. The van der Waals surface area contributed by atoms with Crippen LogP contribution in [0.1, 0.15) is 23.6 Å². The highest BCUT2D eigenvalue weighted by Crippen LogP contribution is 2.34. The maximum Gasteiger partial charge on any atom is 0.183 e. The van der Waals surface area contributed by atoms with Crippen LogP contribution in [0.4, 0.5) is 10.2 Å². The molecule has 1 aliphatic carbocycles. The molecule has 0 spiro atoms. The molecule has 4 aromatic rings. The SMILES string of the molecule is Fc1cnc(-c2c[nH]c3ncc(Cl)cc23)nc1N[C@H]1CCc2ccccc21. The molecule has 27 heavy (non-hydrogen) atoms.